The van der Waals surface area contributed by atoms with Crippen LogP contribution in [0.2, 0.25) is 0 Å². The molecule has 0 amide bonds. The van der Waals surface area contributed by atoms with Crippen molar-refractivity contribution in [2.45, 2.75) is 123 Å². The predicted octanol–water partition coefficient (Wildman–Crippen LogP) is 5.94. The third-order valence-electron chi connectivity index (χ3n) is 11.1. The van der Waals surface area contributed by atoms with Crippen molar-refractivity contribution in [3.63, 3.8) is 0 Å². The number of hydrogen-bond acceptors (Lipinski definition) is 4. The summed E-state index contributed by atoms with van der Waals surface area (Å²) < 4.78 is 6.21. The maximum Gasteiger partial charge on any atom is 0.114 e. The number of ether oxygens (including phenoxy) is 1. The van der Waals surface area contributed by atoms with Gasteiger partial charge in [0.25, 0.3) is 0 Å². The smallest absolute Gasteiger partial charge is 0.114 e. The van der Waals surface area contributed by atoms with Gasteiger partial charge < -0.3 is 4.74 Å². The van der Waals surface area contributed by atoms with E-state index in [1.54, 1.807) is 0 Å². The van der Waals surface area contributed by atoms with Crippen LogP contribution < -0.4 is 16.0 Å². The van der Waals surface area contributed by atoms with E-state index in [-0.39, 0.29) is 0 Å². The molecule has 0 aromatic rings. The number of nitrogens with one attached hydrogen (secondary N) is 3. The maximum absolute atomic E-state index is 6.21. The molecule has 3 N–H and O–H groups in total. The van der Waals surface area contributed by atoms with Crippen molar-refractivity contribution in [2.75, 3.05) is 7.11 Å². The molecule has 5 aliphatic rings. The molecule has 4 saturated carbocycles. The lowest BCUT2D eigenvalue weighted by Crippen LogP contribution is -2.75. The topological polar surface area (TPSA) is 45.3 Å². The lowest BCUT2D eigenvalue weighted by atomic mass is 9.63. The number of hydrogen-bond donors (Lipinski definition) is 3. The third-order valence-corrected chi connectivity index (χ3v) is 11.1. The summed E-state index contributed by atoms with van der Waals surface area (Å²) in [4.78, 5) is 0. The Labute approximate surface area is 210 Å². The van der Waals surface area contributed by atoms with Crippen LogP contribution in [-0.4, -0.2) is 31.7 Å². The zero-order chi connectivity index (χ0) is 23.8. The maximum atomic E-state index is 6.21. The van der Waals surface area contributed by atoms with E-state index >= 15 is 0 Å². The number of methoxy groups -OCH3 is 1. The molecule has 194 valence electrons. The van der Waals surface area contributed by atoms with E-state index in [2.05, 4.69) is 50.1 Å². The van der Waals surface area contributed by atoms with Gasteiger partial charge in [-0.3, -0.25) is 16.0 Å². The summed E-state index contributed by atoms with van der Waals surface area (Å²) in [6, 6.07) is 0. The van der Waals surface area contributed by atoms with Gasteiger partial charge in [-0.25, -0.2) is 0 Å². The Morgan fingerprint density at radius 3 is 1.76 bits per heavy atom. The average molecular weight is 473 g/mol. The summed E-state index contributed by atoms with van der Waals surface area (Å²) in [5.74, 6) is 6.95. The Bertz CT molecular complexity index is 623. The molecule has 4 nitrogen and oxygen atoms in total. The van der Waals surface area contributed by atoms with Crippen molar-refractivity contribution in [1.82, 2.24) is 16.0 Å². The minimum Gasteiger partial charge on any atom is -0.377 e. The highest BCUT2D eigenvalue weighted by molar-refractivity contribution is 5.05. The van der Waals surface area contributed by atoms with E-state index in [9.17, 15) is 0 Å². The van der Waals surface area contributed by atoms with Crippen molar-refractivity contribution in [3.8, 4) is 0 Å². The highest BCUT2D eigenvalue weighted by Gasteiger charge is 2.52. The van der Waals surface area contributed by atoms with Crippen LogP contribution in [0, 0.1) is 59.7 Å². The summed E-state index contributed by atoms with van der Waals surface area (Å²) >= 11 is 0. The minimum atomic E-state index is 0.344. The van der Waals surface area contributed by atoms with Gasteiger partial charge in [0.1, 0.15) is 18.4 Å². The highest BCUT2D eigenvalue weighted by Crippen LogP contribution is 2.46. The normalized spacial score (nSPS) is 52.4. The monoisotopic (exact) mass is 472 g/mol. The SMILES string of the molecule is COC1C[CH+]C2CCCCC2C1C1NC(C2CCC(C)CC2C)NC(C2CCC(C)CC2C)N1. The van der Waals surface area contributed by atoms with E-state index < -0.39 is 0 Å². The van der Waals surface area contributed by atoms with Crippen LogP contribution in [0.15, 0.2) is 0 Å². The van der Waals surface area contributed by atoms with Crippen LogP contribution >= 0.6 is 0 Å². The number of rotatable bonds is 4. The molecular formula is C30H54N3O+. The van der Waals surface area contributed by atoms with Crippen molar-refractivity contribution in [1.29, 1.82) is 0 Å². The molecule has 0 spiro atoms. The molecule has 34 heavy (non-hydrogen) atoms. The van der Waals surface area contributed by atoms with Gasteiger partial charge in [-0.05, 0) is 80.5 Å². The van der Waals surface area contributed by atoms with Crippen molar-refractivity contribution >= 4 is 0 Å². The fourth-order valence-corrected chi connectivity index (χ4v) is 9.23. The van der Waals surface area contributed by atoms with Crippen LogP contribution in [-0.2, 0) is 4.74 Å². The molecule has 12 atom stereocenters. The number of fused-ring (bicyclic) bond motifs is 1. The Hall–Kier alpha value is -0.290. The zero-order valence-electron chi connectivity index (χ0n) is 22.8. The van der Waals surface area contributed by atoms with Gasteiger partial charge in [0, 0.05) is 18.9 Å². The van der Waals surface area contributed by atoms with Crippen molar-refractivity contribution < 1.29 is 4.74 Å². The van der Waals surface area contributed by atoms with Crippen molar-refractivity contribution in [3.05, 3.63) is 6.42 Å². The van der Waals surface area contributed by atoms with E-state index in [1.807, 2.05) is 7.11 Å². The first-order chi connectivity index (χ1) is 16.4. The second-order valence-corrected chi connectivity index (χ2v) is 13.5. The van der Waals surface area contributed by atoms with Crippen LogP contribution in [0.3, 0.4) is 0 Å². The molecule has 5 rings (SSSR count). The molecule has 0 aromatic carbocycles. The third kappa shape index (κ3) is 5.22. The molecule has 4 heteroatoms. The van der Waals surface area contributed by atoms with Gasteiger partial charge >= 0.3 is 0 Å². The summed E-state index contributed by atoms with van der Waals surface area (Å²) in [6.45, 7) is 9.95. The van der Waals surface area contributed by atoms with Gasteiger partial charge in [-0.15, -0.1) is 0 Å². The molecule has 1 heterocycles. The molecule has 12 unspecified atom stereocenters. The van der Waals surface area contributed by atoms with E-state index in [4.69, 9.17) is 4.74 Å². The van der Waals surface area contributed by atoms with Crippen LogP contribution in [0.4, 0.5) is 0 Å². The molecule has 0 bridgehead atoms. The fourth-order valence-electron chi connectivity index (χ4n) is 9.23. The quantitative estimate of drug-likeness (QED) is 0.443. The zero-order valence-corrected chi connectivity index (χ0v) is 22.8. The predicted molar refractivity (Wildman–Crippen MR) is 141 cm³/mol. The first-order valence-corrected chi connectivity index (χ1v) is 15.1. The molecule has 1 saturated heterocycles. The first kappa shape index (κ1) is 25.4. The summed E-state index contributed by atoms with van der Waals surface area (Å²) in [5.41, 5.74) is 0. The summed E-state index contributed by atoms with van der Waals surface area (Å²) in [7, 11) is 1.96. The first-order valence-electron chi connectivity index (χ1n) is 15.1. The Morgan fingerprint density at radius 2 is 1.21 bits per heavy atom. The Kier molecular flexibility index (Phi) is 8.20. The van der Waals surface area contributed by atoms with Gasteiger partial charge in [-0.1, -0.05) is 47.0 Å². The van der Waals surface area contributed by atoms with Crippen LogP contribution in [0.1, 0.15) is 98.3 Å². The van der Waals surface area contributed by atoms with Gasteiger partial charge in [-0.2, -0.15) is 0 Å². The van der Waals surface area contributed by atoms with E-state index in [1.165, 1.54) is 64.2 Å². The van der Waals surface area contributed by atoms with Gasteiger partial charge in [0.15, 0.2) is 0 Å². The molecular weight excluding hydrogens is 418 g/mol. The average Bonchev–Trinajstić information content (AvgIpc) is 2.83. The molecule has 4 aliphatic carbocycles. The van der Waals surface area contributed by atoms with E-state index in [0.29, 0.717) is 30.5 Å². The Morgan fingerprint density at radius 1 is 0.647 bits per heavy atom. The molecule has 1 aliphatic heterocycles. The van der Waals surface area contributed by atoms with Crippen LogP contribution in [0.5, 0.6) is 0 Å². The fraction of sp³-hybridized carbons (Fsp3) is 0.967. The summed E-state index contributed by atoms with van der Waals surface area (Å²) in [6.07, 6.45) is 19.2. The molecule has 5 fully saturated rings. The second-order valence-electron chi connectivity index (χ2n) is 13.5. The lowest BCUT2D eigenvalue weighted by Gasteiger charge is -2.53. The van der Waals surface area contributed by atoms with Crippen LogP contribution in [0.25, 0.3) is 0 Å². The van der Waals surface area contributed by atoms with Crippen molar-refractivity contribution in [2.24, 2.45) is 53.3 Å². The Balaban J connectivity index is 1.40. The summed E-state index contributed by atoms with van der Waals surface area (Å²) in [5, 5.41) is 12.6. The molecule has 0 radical (unpaired) electrons. The van der Waals surface area contributed by atoms with Gasteiger partial charge in [0.2, 0.25) is 0 Å². The minimum absolute atomic E-state index is 0.344. The second kappa shape index (κ2) is 11.0. The lowest BCUT2D eigenvalue weighted by molar-refractivity contribution is -0.0663. The van der Waals surface area contributed by atoms with E-state index in [0.717, 1.165) is 53.8 Å². The standard InChI is InChI=1S/C30H54N3O/c1-18-10-13-23(20(3)16-18)28-31-29(24-14-11-19(2)17-21(24)4)33-30(32-28)27-25-9-7-6-8-22(25)12-15-26(27)34-5/h12,18-33H,6-11,13-17H2,1-5H3/q+1. The largest absolute Gasteiger partial charge is 0.377 e. The highest BCUT2D eigenvalue weighted by atomic mass is 16.5. The van der Waals surface area contributed by atoms with Gasteiger partial charge in [0.05, 0.1) is 24.9 Å². The molecule has 0 aromatic heterocycles.